The van der Waals surface area contributed by atoms with Crippen molar-refractivity contribution in [2.75, 3.05) is 70.1 Å². The van der Waals surface area contributed by atoms with Gasteiger partial charge in [-0.3, -0.25) is 9.59 Å². The van der Waals surface area contributed by atoms with Crippen LogP contribution in [0.3, 0.4) is 0 Å². The molecule has 2 aromatic rings. The normalized spacial score (nSPS) is 21.7. The highest BCUT2D eigenvalue weighted by Crippen LogP contribution is 2.44. The van der Waals surface area contributed by atoms with E-state index in [0.717, 1.165) is 43.4 Å². The van der Waals surface area contributed by atoms with Gasteiger partial charge in [0.1, 0.15) is 24.8 Å². The van der Waals surface area contributed by atoms with Gasteiger partial charge >= 0.3 is 12.2 Å². The predicted octanol–water partition coefficient (Wildman–Crippen LogP) is 7.35. The van der Waals surface area contributed by atoms with Gasteiger partial charge in [-0.05, 0) is 96.6 Å². The summed E-state index contributed by atoms with van der Waals surface area (Å²) in [4.78, 5) is 82.3. The zero-order valence-electron chi connectivity index (χ0n) is 40.9. The SMILES string of the molecule is C=CCOC(=O)N1c2cc(OCCCC(C)=O)c(OC)cc2C(=O)N2CCCC[C@H]2C1O.C=CCOC(=O)N1c2cc(OCCCC(C)=O)c(OC)cc2C(=O)N2CCCC[C@H]2C1OC1CCCCO1. The molecule has 19 nitrogen and oxygen atoms in total. The van der Waals surface area contributed by atoms with Crippen LogP contribution in [0.15, 0.2) is 49.6 Å². The third kappa shape index (κ3) is 12.8. The molecule has 0 saturated carbocycles. The highest BCUT2D eigenvalue weighted by Gasteiger charge is 2.48. The lowest BCUT2D eigenvalue weighted by Gasteiger charge is -2.42. The third-order valence-electron chi connectivity index (χ3n) is 12.7. The van der Waals surface area contributed by atoms with Crippen molar-refractivity contribution in [2.24, 2.45) is 0 Å². The van der Waals surface area contributed by atoms with Gasteiger partial charge in [0.2, 0.25) is 0 Å². The number of rotatable bonds is 18. The summed E-state index contributed by atoms with van der Waals surface area (Å²) in [5, 5.41) is 11.2. The molecular weight excluding hydrogens is 909 g/mol. The van der Waals surface area contributed by atoms with Crippen LogP contribution >= 0.6 is 0 Å². The van der Waals surface area contributed by atoms with E-state index in [1.807, 2.05) is 0 Å². The molecule has 5 aliphatic rings. The minimum absolute atomic E-state index is 0.00417. The van der Waals surface area contributed by atoms with Gasteiger partial charge in [0.05, 0.1) is 62.0 Å². The zero-order valence-corrected chi connectivity index (χ0v) is 40.9. The predicted molar refractivity (Wildman–Crippen MR) is 257 cm³/mol. The molecule has 3 saturated heterocycles. The number of anilines is 2. The summed E-state index contributed by atoms with van der Waals surface area (Å²) in [6.07, 6.45) is 7.97. The Kier molecular flexibility index (Phi) is 19.5. The first-order valence-corrected chi connectivity index (χ1v) is 24.2. The number of benzene rings is 2. The quantitative estimate of drug-likeness (QED) is 0.114. The Labute approximate surface area is 409 Å². The fraction of sp³-hybridized carbons (Fsp3) is 0.569. The van der Waals surface area contributed by atoms with Gasteiger partial charge in [0.15, 0.2) is 41.7 Å². The number of piperidine rings is 2. The molecule has 5 aliphatic heterocycles. The molecule has 7 rings (SSSR count). The van der Waals surface area contributed by atoms with Crippen molar-refractivity contribution in [3.63, 3.8) is 0 Å². The maximum absolute atomic E-state index is 13.9. The van der Waals surface area contributed by atoms with E-state index in [2.05, 4.69) is 13.2 Å². The number of nitrogens with zero attached hydrogens (tertiary/aromatic N) is 4. The Morgan fingerprint density at radius 2 is 1.16 bits per heavy atom. The first kappa shape index (κ1) is 53.2. The third-order valence-corrected chi connectivity index (χ3v) is 12.7. The average molecular weight is 977 g/mol. The molecule has 1 N–H and O–H groups in total. The van der Waals surface area contributed by atoms with Crippen molar-refractivity contribution >= 4 is 46.9 Å². The summed E-state index contributed by atoms with van der Waals surface area (Å²) >= 11 is 0. The van der Waals surface area contributed by atoms with Crippen molar-refractivity contribution in [3.05, 3.63) is 60.7 Å². The second kappa shape index (κ2) is 25.6. The van der Waals surface area contributed by atoms with Crippen LogP contribution in [0.25, 0.3) is 0 Å². The molecule has 382 valence electrons. The van der Waals surface area contributed by atoms with Gasteiger partial charge in [-0.1, -0.05) is 25.3 Å². The van der Waals surface area contributed by atoms with E-state index in [9.17, 15) is 33.9 Å². The van der Waals surface area contributed by atoms with E-state index in [4.69, 9.17) is 37.9 Å². The summed E-state index contributed by atoms with van der Waals surface area (Å²) in [7, 11) is 2.96. The number of hydrogen-bond donors (Lipinski definition) is 1. The van der Waals surface area contributed by atoms with Crippen molar-refractivity contribution in [3.8, 4) is 23.0 Å². The number of hydrogen-bond acceptors (Lipinski definition) is 15. The number of amides is 4. The number of Topliss-reactive ketones (excluding diaryl/α,β-unsaturated/α-hetero) is 2. The van der Waals surface area contributed by atoms with Crippen molar-refractivity contribution < 1.29 is 71.8 Å². The molecule has 0 aromatic heterocycles. The van der Waals surface area contributed by atoms with E-state index >= 15 is 0 Å². The first-order valence-electron chi connectivity index (χ1n) is 24.2. The molecule has 0 aliphatic carbocycles. The van der Waals surface area contributed by atoms with Gasteiger partial charge in [0, 0.05) is 44.7 Å². The zero-order chi connectivity index (χ0) is 50.3. The number of carbonyl (C=O) groups excluding carboxylic acids is 6. The fourth-order valence-electron chi connectivity index (χ4n) is 9.28. The molecule has 3 unspecified atom stereocenters. The Morgan fingerprint density at radius 1 is 0.671 bits per heavy atom. The fourth-order valence-corrected chi connectivity index (χ4v) is 9.28. The van der Waals surface area contributed by atoms with Crippen LogP contribution in [0.1, 0.15) is 118 Å². The molecule has 2 aromatic carbocycles. The van der Waals surface area contributed by atoms with Crippen LogP contribution in [0.2, 0.25) is 0 Å². The molecule has 4 amide bonds. The molecule has 19 heteroatoms. The molecule has 0 spiro atoms. The number of aliphatic hydroxyl groups excluding tert-OH is 1. The Balaban J connectivity index is 0.000000233. The molecular formula is C51H68N4O15. The number of fused-ring (bicyclic) bond motifs is 4. The largest absolute Gasteiger partial charge is 0.493 e. The standard InChI is InChI=1S/C28H38N2O8.C23H30N2O7/c1-4-14-37-28(33)30-22-18-24(35-16-9-10-19(2)31)23(34-3)17-20(22)26(32)29-13-7-5-11-21(29)27(30)38-25-12-6-8-15-36-25;1-4-11-32-23(29)25-18-14-20(31-12-7-8-15(2)26)19(30-3)13-16(18)21(27)24-10-6-5-9-17(24)22(25)28/h4,17-18,21,25,27H,1,5-16H2,2-3H3;4,13-14,17,22,28H,1,5-12H2,2-3H3/t21-,25?,27?;17-,22?/m00/s1. The number of carbonyl (C=O) groups is 6. The minimum atomic E-state index is -1.28. The molecule has 70 heavy (non-hydrogen) atoms. The summed E-state index contributed by atoms with van der Waals surface area (Å²) < 4.78 is 45.9. The molecule has 5 atom stereocenters. The van der Waals surface area contributed by atoms with Gasteiger partial charge in [0.25, 0.3) is 11.8 Å². The number of ketones is 2. The maximum Gasteiger partial charge on any atom is 0.416 e. The van der Waals surface area contributed by atoms with E-state index in [-0.39, 0.29) is 67.1 Å². The van der Waals surface area contributed by atoms with Crippen LogP contribution in [0.5, 0.6) is 23.0 Å². The Hall–Kier alpha value is -6.18. The molecule has 5 heterocycles. The molecule has 0 bridgehead atoms. The smallest absolute Gasteiger partial charge is 0.416 e. The summed E-state index contributed by atoms with van der Waals surface area (Å²) in [5.74, 6) is 0.988. The summed E-state index contributed by atoms with van der Waals surface area (Å²) in [6, 6.07) is 5.34. The number of methoxy groups -OCH3 is 2. The lowest BCUT2D eigenvalue weighted by molar-refractivity contribution is -0.198. The van der Waals surface area contributed by atoms with Crippen LogP contribution in [0.4, 0.5) is 21.0 Å². The van der Waals surface area contributed by atoms with E-state index in [1.54, 1.807) is 21.9 Å². The number of ether oxygens (including phenoxy) is 8. The lowest BCUT2D eigenvalue weighted by atomic mass is 10.00. The second-order valence-electron chi connectivity index (χ2n) is 17.7. The average Bonchev–Trinajstić information content (AvgIpc) is 3.52. The monoisotopic (exact) mass is 976 g/mol. The maximum atomic E-state index is 13.9. The van der Waals surface area contributed by atoms with Crippen LogP contribution in [-0.2, 0) is 28.5 Å². The van der Waals surface area contributed by atoms with Crippen molar-refractivity contribution in [1.29, 1.82) is 0 Å². The second-order valence-corrected chi connectivity index (χ2v) is 17.7. The van der Waals surface area contributed by atoms with Crippen molar-refractivity contribution in [2.45, 2.75) is 128 Å². The van der Waals surface area contributed by atoms with Gasteiger partial charge in [-0.2, -0.15) is 0 Å². The van der Waals surface area contributed by atoms with Crippen molar-refractivity contribution in [1.82, 2.24) is 9.80 Å². The highest BCUT2D eigenvalue weighted by atomic mass is 16.7. The highest BCUT2D eigenvalue weighted by molar-refractivity contribution is 6.07. The Bertz CT molecular complexity index is 2210. The first-order chi connectivity index (χ1) is 33.8. The summed E-state index contributed by atoms with van der Waals surface area (Å²) in [5.41, 5.74) is 1.03. The van der Waals surface area contributed by atoms with E-state index in [1.165, 1.54) is 57.3 Å². The Morgan fingerprint density at radius 3 is 1.64 bits per heavy atom. The van der Waals surface area contributed by atoms with Gasteiger partial charge in [-0.15, -0.1) is 0 Å². The summed E-state index contributed by atoms with van der Waals surface area (Å²) in [6.45, 7) is 12.4. The van der Waals surface area contributed by atoms with E-state index < -0.39 is 37.0 Å². The van der Waals surface area contributed by atoms with Crippen LogP contribution in [0, 0.1) is 0 Å². The van der Waals surface area contributed by atoms with E-state index in [0.29, 0.717) is 98.9 Å². The van der Waals surface area contributed by atoms with Crippen LogP contribution < -0.4 is 28.7 Å². The van der Waals surface area contributed by atoms with Crippen LogP contribution in [-0.4, -0.2) is 142 Å². The lowest BCUT2D eigenvalue weighted by Crippen LogP contribution is -2.57. The molecule has 3 fully saturated rings. The topological polar surface area (TPSA) is 209 Å². The minimum Gasteiger partial charge on any atom is -0.493 e. The molecule has 0 radical (unpaired) electrons. The van der Waals surface area contributed by atoms with Gasteiger partial charge < -0.3 is 62.4 Å². The number of aliphatic hydroxyl groups is 1. The van der Waals surface area contributed by atoms with Gasteiger partial charge in [-0.25, -0.2) is 19.4 Å².